The number of nitrogens with two attached hydrogens (primary N) is 1. The maximum atomic E-state index is 11.3. The molecule has 1 aromatic heterocycles. The third kappa shape index (κ3) is 2.49. The van der Waals surface area contributed by atoms with E-state index in [1.54, 1.807) is 13.2 Å². The van der Waals surface area contributed by atoms with Gasteiger partial charge in [0.05, 0.1) is 12.7 Å². The average molecular weight is 258 g/mol. The van der Waals surface area contributed by atoms with E-state index in [4.69, 9.17) is 10.5 Å². The van der Waals surface area contributed by atoms with Gasteiger partial charge in [-0.3, -0.25) is 0 Å². The van der Waals surface area contributed by atoms with E-state index < -0.39 is 5.97 Å². The van der Waals surface area contributed by atoms with Gasteiger partial charge in [0.15, 0.2) is 0 Å². The number of carboxylic acid groups (broad SMARTS) is 1. The molecule has 5 nitrogen and oxygen atoms in total. The van der Waals surface area contributed by atoms with Crippen molar-refractivity contribution in [1.82, 2.24) is 4.98 Å². The summed E-state index contributed by atoms with van der Waals surface area (Å²) in [6, 6.07) is 6.90. The summed E-state index contributed by atoms with van der Waals surface area (Å²) in [4.78, 5) is 15.3. The maximum Gasteiger partial charge on any atom is 0.336 e. The zero-order valence-electron chi connectivity index (χ0n) is 10.7. The Bertz CT molecular complexity index is 639. The second-order valence-electron chi connectivity index (χ2n) is 4.16. The summed E-state index contributed by atoms with van der Waals surface area (Å²) in [6.45, 7) is 1.92. The molecule has 0 saturated carbocycles. The Morgan fingerprint density at radius 2 is 2.05 bits per heavy atom. The van der Waals surface area contributed by atoms with Crippen molar-refractivity contribution in [3.05, 3.63) is 41.6 Å². The number of aryl methyl sites for hydroxylation is 1. The Labute approximate surface area is 110 Å². The van der Waals surface area contributed by atoms with Gasteiger partial charge >= 0.3 is 5.97 Å². The van der Waals surface area contributed by atoms with Gasteiger partial charge in [0.25, 0.3) is 0 Å². The molecule has 19 heavy (non-hydrogen) atoms. The molecule has 0 spiro atoms. The fourth-order valence-electron chi connectivity index (χ4n) is 1.90. The molecular formula is C14H14N2O3. The number of aromatic carboxylic acids is 1. The maximum absolute atomic E-state index is 11.3. The molecule has 98 valence electrons. The Kier molecular flexibility index (Phi) is 3.37. The first-order valence-corrected chi connectivity index (χ1v) is 5.66. The molecule has 2 aromatic rings. The smallest absolute Gasteiger partial charge is 0.336 e. The highest BCUT2D eigenvalue weighted by molar-refractivity contribution is 5.97. The Morgan fingerprint density at radius 1 is 1.32 bits per heavy atom. The van der Waals surface area contributed by atoms with Crippen LogP contribution in [-0.2, 0) is 0 Å². The third-order valence-electron chi connectivity index (χ3n) is 2.80. The Balaban J connectivity index is 2.71. The van der Waals surface area contributed by atoms with Gasteiger partial charge in [-0.05, 0) is 25.1 Å². The molecule has 0 unspecified atom stereocenters. The second-order valence-corrected chi connectivity index (χ2v) is 4.16. The van der Waals surface area contributed by atoms with Gasteiger partial charge in [-0.15, -0.1) is 0 Å². The molecule has 3 N–H and O–H groups in total. The van der Waals surface area contributed by atoms with Crippen molar-refractivity contribution in [1.29, 1.82) is 0 Å². The molecule has 1 heterocycles. The average Bonchev–Trinajstić information content (AvgIpc) is 2.38. The van der Waals surface area contributed by atoms with Crippen molar-refractivity contribution in [2.45, 2.75) is 6.92 Å². The molecule has 2 rings (SSSR count). The number of rotatable bonds is 3. The standard InChI is InChI=1S/C14H14N2O3/c1-8-3-4-12(19-2)9(5-8)11-7-16-13(15)6-10(11)14(17)18/h3-7H,1-2H3,(H2,15,16)(H,17,18). The summed E-state index contributed by atoms with van der Waals surface area (Å²) in [7, 11) is 1.54. The Hall–Kier alpha value is -2.56. The van der Waals surface area contributed by atoms with E-state index in [1.807, 2.05) is 19.1 Å². The van der Waals surface area contributed by atoms with E-state index in [-0.39, 0.29) is 11.4 Å². The van der Waals surface area contributed by atoms with Crippen molar-refractivity contribution < 1.29 is 14.6 Å². The molecule has 0 saturated heterocycles. The minimum absolute atomic E-state index is 0.108. The minimum atomic E-state index is -1.05. The number of aromatic nitrogens is 1. The van der Waals surface area contributed by atoms with Crippen molar-refractivity contribution in [3.63, 3.8) is 0 Å². The lowest BCUT2D eigenvalue weighted by Gasteiger charge is -2.12. The topological polar surface area (TPSA) is 85.4 Å². The number of nitrogen functional groups attached to an aromatic ring is 1. The van der Waals surface area contributed by atoms with Crippen LogP contribution < -0.4 is 10.5 Å². The summed E-state index contributed by atoms with van der Waals surface area (Å²) in [5.41, 5.74) is 7.83. The molecule has 0 bridgehead atoms. The second kappa shape index (κ2) is 4.97. The molecular weight excluding hydrogens is 244 g/mol. The summed E-state index contributed by atoms with van der Waals surface area (Å²) in [5, 5.41) is 9.26. The zero-order chi connectivity index (χ0) is 14.0. The molecule has 0 aliphatic rings. The van der Waals surface area contributed by atoms with E-state index in [2.05, 4.69) is 4.98 Å². The normalized spacial score (nSPS) is 10.2. The molecule has 5 heteroatoms. The van der Waals surface area contributed by atoms with Crippen LogP contribution in [0.5, 0.6) is 5.75 Å². The predicted octanol–water partition coefficient (Wildman–Crippen LogP) is 2.35. The van der Waals surface area contributed by atoms with Gasteiger partial charge in [0.2, 0.25) is 0 Å². The van der Waals surface area contributed by atoms with Crippen LogP contribution in [0.25, 0.3) is 11.1 Å². The van der Waals surface area contributed by atoms with Gasteiger partial charge in [0.1, 0.15) is 11.6 Å². The number of methoxy groups -OCH3 is 1. The minimum Gasteiger partial charge on any atom is -0.496 e. The number of anilines is 1. The van der Waals surface area contributed by atoms with Gasteiger partial charge in [0, 0.05) is 17.3 Å². The van der Waals surface area contributed by atoms with Crippen LogP contribution in [0.4, 0.5) is 5.82 Å². The van der Waals surface area contributed by atoms with Crippen LogP contribution in [0, 0.1) is 6.92 Å². The lowest BCUT2D eigenvalue weighted by atomic mass is 9.99. The number of benzene rings is 1. The highest BCUT2D eigenvalue weighted by Gasteiger charge is 2.16. The van der Waals surface area contributed by atoms with Gasteiger partial charge < -0.3 is 15.6 Å². The summed E-state index contributed by atoms with van der Waals surface area (Å²) in [5.74, 6) is -0.278. The number of carboxylic acids is 1. The zero-order valence-corrected chi connectivity index (χ0v) is 10.7. The van der Waals surface area contributed by atoms with Gasteiger partial charge in [-0.25, -0.2) is 9.78 Å². The lowest BCUT2D eigenvalue weighted by Crippen LogP contribution is -2.03. The van der Waals surface area contributed by atoms with Crippen molar-refractivity contribution >= 4 is 11.8 Å². The number of hydrogen-bond acceptors (Lipinski definition) is 4. The molecule has 0 aliphatic heterocycles. The first-order chi connectivity index (χ1) is 9.02. The highest BCUT2D eigenvalue weighted by atomic mass is 16.5. The quantitative estimate of drug-likeness (QED) is 0.882. The molecule has 0 amide bonds. The van der Waals surface area contributed by atoms with Crippen molar-refractivity contribution in [2.75, 3.05) is 12.8 Å². The largest absolute Gasteiger partial charge is 0.496 e. The summed E-state index contributed by atoms with van der Waals surface area (Å²) >= 11 is 0. The van der Waals surface area contributed by atoms with Crippen molar-refractivity contribution in [2.24, 2.45) is 0 Å². The van der Waals surface area contributed by atoms with Crippen LogP contribution in [0.15, 0.2) is 30.5 Å². The van der Waals surface area contributed by atoms with Crippen LogP contribution in [0.3, 0.4) is 0 Å². The van der Waals surface area contributed by atoms with E-state index in [1.165, 1.54) is 12.3 Å². The van der Waals surface area contributed by atoms with Gasteiger partial charge in [-0.1, -0.05) is 11.6 Å². The van der Waals surface area contributed by atoms with Crippen LogP contribution in [0.2, 0.25) is 0 Å². The third-order valence-corrected chi connectivity index (χ3v) is 2.80. The number of nitrogens with zero attached hydrogens (tertiary/aromatic N) is 1. The number of ether oxygens (including phenoxy) is 1. The first kappa shape index (κ1) is 12.9. The van der Waals surface area contributed by atoms with Gasteiger partial charge in [-0.2, -0.15) is 0 Å². The molecule has 1 aromatic carbocycles. The van der Waals surface area contributed by atoms with E-state index in [0.29, 0.717) is 16.9 Å². The number of hydrogen-bond donors (Lipinski definition) is 2. The molecule has 0 aliphatic carbocycles. The fraction of sp³-hybridized carbons (Fsp3) is 0.143. The number of carbonyl (C=O) groups is 1. The van der Waals surface area contributed by atoms with E-state index >= 15 is 0 Å². The van der Waals surface area contributed by atoms with Crippen molar-refractivity contribution in [3.8, 4) is 16.9 Å². The predicted molar refractivity (Wildman–Crippen MR) is 72.3 cm³/mol. The molecule has 0 fully saturated rings. The monoisotopic (exact) mass is 258 g/mol. The Morgan fingerprint density at radius 3 is 2.68 bits per heavy atom. The SMILES string of the molecule is COc1ccc(C)cc1-c1cnc(N)cc1C(=O)O. The van der Waals surface area contributed by atoms with Crippen LogP contribution in [-0.4, -0.2) is 23.2 Å². The fourth-order valence-corrected chi connectivity index (χ4v) is 1.90. The summed E-state index contributed by atoms with van der Waals surface area (Å²) in [6.07, 6.45) is 1.45. The lowest BCUT2D eigenvalue weighted by molar-refractivity contribution is 0.0697. The van der Waals surface area contributed by atoms with E-state index in [0.717, 1.165) is 5.56 Å². The number of pyridine rings is 1. The summed E-state index contributed by atoms with van der Waals surface area (Å²) < 4.78 is 5.27. The van der Waals surface area contributed by atoms with E-state index in [9.17, 15) is 9.90 Å². The highest BCUT2D eigenvalue weighted by Crippen LogP contribution is 2.33. The molecule has 0 radical (unpaired) electrons. The van der Waals surface area contributed by atoms with Crippen LogP contribution in [0.1, 0.15) is 15.9 Å². The van der Waals surface area contributed by atoms with Crippen LogP contribution >= 0.6 is 0 Å². The molecule has 0 atom stereocenters. The first-order valence-electron chi connectivity index (χ1n) is 5.66.